The molecule has 1 unspecified atom stereocenters. The van der Waals surface area contributed by atoms with Crippen LogP contribution in [0.25, 0.3) is 0 Å². The van der Waals surface area contributed by atoms with Gasteiger partial charge in [0.25, 0.3) is 0 Å². The Morgan fingerprint density at radius 3 is 3.00 bits per heavy atom. The summed E-state index contributed by atoms with van der Waals surface area (Å²) < 4.78 is 1.97. The molecule has 3 heteroatoms. The van der Waals surface area contributed by atoms with E-state index < -0.39 is 0 Å². The second-order valence-corrected chi connectivity index (χ2v) is 3.79. The van der Waals surface area contributed by atoms with Gasteiger partial charge in [-0.25, -0.2) is 4.68 Å². The van der Waals surface area contributed by atoms with Crippen molar-refractivity contribution >= 4 is 6.21 Å². The number of hydrogen-bond acceptors (Lipinski definition) is 2. The predicted octanol–water partition coefficient (Wildman–Crippen LogP) is 1.85. The van der Waals surface area contributed by atoms with Crippen LogP contribution < -0.4 is 5.73 Å². The molecule has 1 aliphatic heterocycles. The summed E-state index contributed by atoms with van der Waals surface area (Å²) in [7, 11) is 0. The van der Waals surface area contributed by atoms with Crippen LogP contribution in [0.1, 0.15) is 43.6 Å². The highest BCUT2D eigenvalue weighted by molar-refractivity contribution is 5.60. The number of hydrogen-bond donors (Lipinski definition) is 1. The second kappa shape index (κ2) is 3.00. The van der Waals surface area contributed by atoms with Crippen molar-refractivity contribution in [2.24, 2.45) is 10.8 Å². The lowest BCUT2D eigenvalue weighted by molar-refractivity contribution is 0.614. The van der Waals surface area contributed by atoms with E-state index in [1.54, 1.807) is 0 Å². The van der Waals surface area contributed by atoms with Gasteiger partial charge < -0.3 is 5.73 Å². The van der Waals surface area contributed by atoms with Gasteiger partial charge in [0, 0.05) is 18.3 Å². The van der Waals surface area contributed by atoms with E-state index in [0.29, 0.717) is 5.92 Å². The number of nitrogens with two attached hydrogens (primary N) is 1. The molecule has 0 aliphatic carbocycles. The highest BCUT2D eigenvalue weighted by atomic mass is 15.4. The van der Waals surface area contributed by atoms with Gasteiger partial charge in [0.1, 0.15) is 0 Å². The average Bonchev–Trinajstić information content (AvgIpc) is 2.48. The van der Waals surface area contributed by atoms with Gasteiger partial charge in [0.15, 0.2) is 0 Å². The predicted molar refractivity (Wildman–Crippen MR) is 54.0 cm³/mol. The van der Waals surface area contributed by atoms with E-state index >= 15 is 0 Å². The molecule has 0 radical (unpaired) electrons. The highest BCUT2D eigenvalue weighted by Gasteiger charge is 2.17. The molecule has 0 saturated carbocycles. The minimum absolute atomic E-state index is 0.116. The molecule has 3 nitrogen and oxygen atoms in total. The van der Waals surface area contributed by atoms with Crippen molar-refractivity contribution < 1.29 is 0 Å². The Morgan fingerprint density at radius 2 is 2.31 bits per heavy atom. The van der Waals surface area contributed by atoms with Gasteiger partial charge in [-0.1, -0.05) is 13.8 Å². The molecule has 13 heavy (non-hydrogen) atoms. The first-order valence-corrected chi connectivity index (χ1v) is 4.70. The van der Waals surface area contributed by atoms with Gasteiger partial charge >= 0.3 is 0 Å². The number of fused-ring (bicyclic) bond motifs is 1. The first-order chi connectivity index (χ1) is 6.20. The fourth-order valence-electron chi connectivity index (χ4n) is 1.68. The summed E-state index contributed by atoms with van der Waals surface area (Å²) in [6, 6.07) is 4.31. The van der Waals surface area contributed by atoms with Crippen molar-refractivity contribution in [3.05, 3.63) is 23.5 Å². The Bertz CT molecular complexity index is 336. The molecule has 2 rings (SSSR count). The lowest BCUT2D eigenvalue weighted by Gasteiger charge is -2.17. The Labute approximate surface area is 78.2 Å². The molecule has 0 bridgehead atoms. The zero-order chi connectivity index (χ0) is 9.42. The SMILES string of the molecule is CC(C)c1ccc2n1N=CCC2N. The molecule has 70 valence electrons. The Morgan fingerprint density at radius 1 is 1.54 bits per heavy atom. The van der Waals surface area contributed by atoms with Gasteiger partial charge in [-0.3, -0.25) is 0 Å². The Hall–Kier alpha value is -1.09. The standard InChI is InChI=1S/C10H15N3/c1-7(2)9-3-4-10-8(11)5-6-12-13(9)10/h3-4,6-8H,5,11H2,1-2H3. The van der Waals surface area contributed by atoms with Crippen molar-refractivity contribution in [1.82, 2.24) is 4.68 Å². The van der Waals surface area contributed by atoms with Crippen LogP contribution in [0, 0.1) is 0 Å². The maximum Gasteiger partial charge on any atom is 0.0594 e. The van der Waals surface area contributed by atoms with E-state index in [0.717, 1.165) is 12.1 Å². The topological polar surface area (TPSA) is 43.3 Å². The van der Waals surface area contributed by atoms with Gasteiger partial charge in [-0.2, -0.15) is 5.10 Å². The average molecular weight is 177 g/mol. The van der Waals surface area contributed by atoms with Gasteiger partial charge in [0.2, 0.25) is 0 Å². The Balaban J connectivity index is 2.49. The van der Waals surface area contributed by atoms with E-state index in [4.69, 9.17) is 5.73 Å². The number of aromatic nitrogens is 1. The molecule has 1 aliphatic rings. The van der Waals surface area contributed by atoms with Crippen molar-refractivity contribution in [2.45, 2.75) is 32.2 Å². The van der Waals surface area contributed by atoms with Gasteiger partial charge in [0.05, 0.1) is 11.7 Å². The fourth-order valence-corrected chi connectivity index (χ4v) is 1.68. The first kappa shape index (κ1) is 8.51. The quantitative estimate of drug-likeness (QED) is 0.699. The van der Waals surface area contributed by atoms with E-state index in [1.807, 2.05) is 10.9 Å². The van der Waals surface area contributed by atoms with E-state index in [9.17, 15) is 0 Å². The van der Waals surface area contributed by atoms with Crippen molar-refractivity contribution in [3.8, 4) is 0 Å². The molecule has 2 N–H and O–H groups in total. The monoisotopic (exact) mass is 177 g/mol. The number of rotatable bonds is 1. The van der Waals surface area contributed by atoms with Crippen molar-refractivity contribution in [2.75, 3.05) is 0 Å². The lowest BCUT2D eigenvalue weighted by atomic mass is 10.1. The molecule has 0 spiro atoms. The minimum Gasteiger partial charge on any atom is -0.322 e. The van der Waals surface area contributed by atoms with E-state index in [-0.39, 0.29) is 6.04 Å². The van der Waals surface area contributed by atoms with Crippen LogP contribution >= 0.6 is 0 Å². The molecule has 1 aromatic heterocycles. The third-order valence-electron chi connectivity index (χ3n) is 2.44. The summed E-state index contributed by atoms with van der Waals surface area (Å²) in [6.07, 6.45) is 2.74. The minimum atomic E-state index is 0.116. The normalized spacial score (nSPS) is 20.8. The largest absolute Gasteiger partial charge is 0.322 e. The van der Waals surface area contributed by atoms with Crippen LogP contribution in [0.15, 0.2) is 17.2 Å². The molecule has 0 saturated heterocycles. The van der Waals surface area contributed by atoms with E-state index in [2.05, 4.69) is 31.1 Å². The fraction of sp³-hybridized carbons (Fsp3) is 0.500. The maximum atomic E-state index is 5.95. The smallest absolute Gasteiger partial charge is 0.0594 e. The summed E-state index contributed by atoms with van der Waals surface area (Å²) in [4.78, 5) is 0. The van der Waals surface area contributed by atoms with Crippen LogP contribution in [0.2, 0.25) is 0 Å². The molecule has 2 heterocycles. The Kier molecular flexibility index (Phi) is 1.96. The van der Waals surface area contributed by atoms with Crippen molar-refractivity contribution in [3.63, 3.8) is 0 Å². The van der Waals surface area contributed by atoms with Gasteiger partial charge in [-0.05, 0) is 18.1 Å². The molecule has 1 aromatic rings. The molecule has 0 aromatic carbocycles. The molecule has 0 fully saturated rings. The van der Waals surface area contributed by atoms with Crippen LogP contribution in [-0.4, -0.2) is 10.9 Å². The van der Waals surface area contributed by atoms with Crippen LogP contribution in [0.5, 0.6) is 0 Å². The molecule has 0 amide bonds. The van der Waals surface area contributed by atoms with E-state index in [1.165, 1.54) is 5.69 Å². The summed E-state index contributed by atoms with van der Waals surface area (Å²) in [6.45, 7) is 4.33. The van der Waals surface area contributed by atoms with Crippen molar-refractivity contribution in [1.29, 1.82) is 0 Å². The lowest BCUT2D eigenvalue weighted by Crippen LogP contribution is -2.19. The zero-order valence-electron chi connectivity index (χ0n) is 8.07. The third-order valence-corrected chi connectivity index (χ3v) is 2.44. The maximum absolute atomic E-state index is 5.95. The first-order valence-electron chi connectivity index (χ1n) is 4.70. The van der Waals surface area contributed by atoms with Crippen LogP contribution in [0.4, 0.5) is 0 Å². The second-order valence-electron chi connectivity index (χ2n) is 3.79. The number of nitrogens with zero attached hydrogens (tertiary/aromatic N) is 2. The highest BCUT2D eigenvalue weighted by Crippen LogP contribution is 2.25. The third kappa shape index (κ3) is 1.29. The molecule has 1 atom stereocenters. The van der Waals surface area contributed by atoms with Crippen LogP contribution in [0.3, 0.4) is 0 Å². The molecular weight excluding hydrogens is 162 g/mol. The summed E-state index contributed by atoms with van der Waals surface area (Å²) in [5, 5.41) is 4.34. The zero-order valence-corrected chi connectivity index (χ0v) is 8.07. The summed E-state index contributed by atoms with van der Waals surface area (Å²) in [5.74, 6) is 0.496. The van der Waals surface area contributed by atoms with Crippen LogP contribution in [-0.2, 0) is 0 Å². The summed E-state index contributed by atoms with van der Waals surface area (Å²) in [5.41, 5.74) is 8.32. The molecular formula is C10H15N3. The summed E-state index contributed by atoms with van der Waals surface area (Å²) >= 11 is 0. The van der Waals surface area contributed by atoms with Gasteiger partial charge in [-0.15, -0.1) is 0 Å².